The number of allylic oxidation sites excluding steroid dienone is 2. The van der Waals surface area contributed by atoms with E-state index in [4.69, 9.17) is 9.84 Å². The molecule has 0 aromatic rings. The number of unbranched alkanes of at least 4 members (excludes halogenated alkanes) is 9. The molecule has 0 aliphatic carbocycles. The van der Waals surface area contributed by atoms with Crippen LogP contribution in [0.5, 0.6) is 0 Å². The molecule has 0 amide bonds. The summed E-state index contributed by atoms with van der Waals surface area (Å²) in [5.41, 5.74) is 0. The van der Waals surface area contributed by atoms with Gasteiger partial charge in [-0.2, -0.15) is 0 Å². The first kappa shape index (κ1) is 24.7. The second-order valence-electron chi connectivity index (χ2n) is 7.13. The van der Waals surface area contributed by atoms with Gasteiger partial charge in [0.15, 0.2) is 0 Å². The molecule has 0 saturated carbocycles. The van der Waals surface area contributed by atoms with Gasteiger partial charge in [-0.1, -0.05) is 70.9 Å². The van der Waals surface area contributed by atoms with Gasteiger partial charge in [-0.05, 0) is 38.5 Å². The Labute approximate surface area is 160 Å². The van der Waals surface area contributed by atoms with Crippen molar-refractivity contribution in [2.75, 3.05) is 0 Å². The lowest BCUT2D eigenvalue weighted by molar-refractivity contribution is -0.153. The van der Waals surface area contributed by atoms with E-state index in [1.807, 2.05) is 0 Å². The Kier molecular flexibility index (Phi) is 17.5. The van der Waals surface area contributed by atoms with Crippen LogP contribution < -0.4 is 0 Å². The largest absolute Gasteiger partial charge is 0.481 e. The molecule has 0 bridgehead atoms. The summed E-state index contributed by atoms with van der Waals surface area (Å²) in [6, 6.07) is 0. The minimum Gasteiger partial charge on any atom is -0.481 e. The van der Waals surface area contributed by atoms with Crippen molar-refractivity contribution in [1.29, 1.82) is 0 Å². The van der Waals surface area contributed by atoms with Gasteiger partial charge in [-0.3, -0.25) is 9.59 Å². The summed E-state index contributed by atoms with van der Waals surface area (Å²) < 4.78 is 5.40. The van der Waals surface area contributed by atoms with Crippen molar-refractivity contribution >= 4 is 11.9 Å². The lowest BCUT2D eigenvalue weighted by Gasteiger charge is -2.16. The minimum absolute atomic E-state index is 0.0861. The summed E-state index contributed by atoms with van der Waals surface area (Å²) in [5, 5.41) is 8.99. The summed E-state index contributed by atoms with van der Waals surface area (Å²) in [5.74, 6) is -1.16. The van der Waals surface area contributed by atoms with Gasteiger partial charge in [0.2, 0.25) is 0 Å². The number of hydrogen-bond donors (Lipinski definition) is 1. The number of esters is 1. The molecule has 0 aliphatic heterocycles. The molecule has 0 saturated heterocycles. The summed E-state index contributed by atoms with van der Waals surface area (Å²) in [6.07, 6.45) is 18.2. The van der Waals surface area contributed by atoms with Crippen LogP contribution in [0.1, 0.15) is 110 Å². The van der Waals surface area contributed by atoms with Gasteiger partial charge in [0.1, 0.15) is 6.10 Å². The lowest BCUT2D eigenvalue weighted by atomic mass is 10.1. The van der Waals surface area contributed by atoms with Gasteiger partial charge in [-0.25, -0.2) is 0 Å². The van der Waals surface area contributed by atoms with E-state index >= 15 is 0 Å². The number of ether oxygens (including phenoxy) is 1. The number of carbonyl (C=O) groups excluding carboxylic acids is 1. The Morgan fingerprint density at radius 1 is 0.846 bits per heavy atom. The minimum atomic E-state index is -0.901. The summed E-state index contributed by atoms with van der Waals surface area (Å²) in [6.45, 7) is 4.37. The second kappa shape index (κ2) is 18.5. The van der Waals surface area contributed by atoms with Crippen molar-refractivity contribution in [3.63, 3.8) is 0 Å². The van der Waals surface area contributed by atoms with Gasteiger partial charge in [0, 0.05) is 6.42 Å². The van der Waals surface area contributed by atoms with Gasteiger partial charge in [0.05, 0.1) is 6.42 Å². The summed E-state index contributed by atoms with van der Waals surface area (Å²) >= 11 is 0. The van der Waals surface area contributed by atoms with Gasteiger partial charge in [0.25, 0.3) is 0 Å². The molecule has 0 fully saturated rings. The van der Waals surface area contributed by atoms with Gasteiger partial charge < -0.3 is 9.84 Å². The Balaban J connectivity index is 3.86. The molecule has 0 aromatic heterocycles. The van der Waals surface area contributed by atoms with E-state index in [1.54, 1.807) is 0 Å². The Morgan fingerprint density at radius 2 is 1.42 bits per heavy atom. The standard InChI is InChI=1S/C22H40O4/c1-3-5-7-9-10-11-12-14-16-18-22(25)26-20(19-21(23)24)17-15-13-8-6-4-2/h11-12,20H,3-10,13-19H2,1-2H3,(H,23,24)/b12-11+. The average Bonchev–Trinajstić information content (AvgIpc) is 2.59. The zero-order chi connectivity index (χ0) is 19.5. The Morgan fingerprint density at radius 3 is 2.04 bits per heavy atom. The van der Waals surface area contributed by atoms with E-state index in [2.05, 4.69) is 26.0 Å². The number of aliphatic carboxylic acids is 1. The highest BCUT2D eigenvalue weighted by Crippen LogP contribution is 2.14. The van der Waals surface area contributed by atoms with E-state index in [-0.39, 0.29) is 12.4 Å². The van der Waals surface area contributed by atoms with Crippen LogP contribution >= 0.6 is 0 Å². The number of carboxylic acid groups (broad SMARTS) is 1. The van der Waals surface area contributed by atoms with Gasteiger partial charge in [-0.15, -0.1) is 0 Å². The molecule has 152 valence electrons. The SMILES string of the molecule is CCCCCC/C=C/CCCC(=O)OC(CCCCCCC)CC(=O)O. The van der Waals surface area contributed by atoms with Crippen LogP contribution in [0.4, 0.5) is 0 Å². The average molecular weight is 369 g/mol. The number of hydrogen-bond acceptors (Lipinski definition) is 3. The van der Waals surface area contributed by atoms with Crippen LogP contribution in [-0.4, -0.2) is 23.1 Å². The topological polar surface area (TPSA) is 63.6 Å². The number of carbonyl (C=O) groups is 2. The third-order valence-electron chi connectivity index (χ3n) is 4.47. The maximum atomic E-state index is 11.9. The fourth-order valence-corrected chi connectivity index (χ4v) is 2.91. The zero-order valence-electron chi connectivity index (χ0n) is 17.0. The van der Waals surface area contributed by atoms with Crippen molar-refractivity contribution in [1.82, 2.24) is 0 Å². The smallest absolute Gasteiger partial charge is 0.307 e. The van der Waals surface area contributed by atoms with Crippen LogP contribution in [0.15, 0.2) is 12.2 Å². The Hall–Kier alpha value is -1.32. The van der Waals surface area contributed by atoms with E-state index in [9.17, 15) is 9.59 Å². The van der Waals surface area contributed by atoms with E-state index < -0.39 is 12.1 Å². The molecule has 1 atom stereocenters. The van der Waals surface area contributed by atoms with E-state index in [1.165, 1.54) is 38.5 Å². The summed E-state index contributed by atoms with van der Waals surface area (Å²) in [7, 11) is 0. The van der Waals surface area contributed by atoms with Crippen molar-refractivity contribution in [3.05, 3.63) is 12.2 Å². The third kappa shape index (κ3) is 17.5. The van der Waals surface area contributed by atoms with Crippen molar-refractivity contribution in [3.8, 4) is 0 Å². The molecule has 26 heavy (non-hydrogen) atoms. The maximum Gasteiger partial charge on any atom is 0.307 e. The second-order valence-corrected chi connectivity index (χ2v) is 7.13. The molecular weight excluding hydrogens is 328 g/mol. The quantitative estimate of drug-likeness (QED) is 0.172. The van der Waals surface area contributed by atoms with Crippen LogP contribution in [0, 0.1) is 0 Å². The zero-order valence-corrected chi connectivity index (χ0v) is 17.0. The molecule has 4 nitrogen and oxygen atoms in total. The molecule has 0 spiro atoms. The van der Waals surface area contributed by atoms with Crippen LogP contribution in [-0.2, 0) is 14.3 Å². The highest BCUT2D eigenvalue weighted by atomic mass is 16.5. The number of carboxylic acids is 1. The summed E-state index contributed by atoms with van der Waals surface area (Å²) in [4.78, 5) is 22.9. The van der Waals surface area contributed by atoms with Crippen LogP contribution in [0.3, 0.4) is 0 Å². The first-order valence-corrected chi connectivity index (χ1v) is 10.7. The van der Waals surface area contributed by atoms with Crippen molar-refractivity contribution in [2.24, 2.45) is 0 Å². The fourth-order valence-electron chi connectivity index (χ4n) is 2.91. The molecule has 4 heteroatoms. The monoisotopic (exact) mass is 368 g/mol. The molecule has 0 aromatic carbocycles. The van der Waals surface area contributed by atoms with E-state index in [0.29, 0.717) is 12.8 Å². The first-order chi connectivity index (χ1) is 12.6. The Bertz CT molecular complexity index is 376. The fraction of sp³-hybridized carbons (Fsp3) is 0.818. The predicted molar refractivity (Wildman–Crippen MR) is 107 cm³/mol. The highest BCUT2D eigenvalue weighted by molar-refractivity contribution is 5.71. The van der Waals surface area contributed by atoms with Crippen molar-refractivity contribution < 1.29 is 19.4 Å². The molecule has 1 N–H and O–H groups in total. The molecule has 0 aliphatic rings. The van der Waals surface area contributed by atoms with Gasteiger partial charge >= 0.3 is 11.9 Å². The molecule has 0 rings (SSSR count). The molecule has 0 heterocycles. The third-order valence-corrected chi connectivity index (χ3v) is 4.47. The molecular formula is C22H40O4. The highest BCUT2D eigenvalue weighted by Gasteiger charge is 2.17. The van der Waals surface area contributed by atoms with Crippen LogP contribution in [0.25, 0.3) is 0 Å². The lowest BCUT2D eigenvalue weighted by Crippen LogP contribution is -2.21. The maximum absolute atomic E-state index is 11.9. The predicted octanol–water partition coefficient (Wildman–Crippen LogP) is 6.43. The molecule has 1 unspecified atom stereocenters. The van der Waals surface area contributed by atoms with Crippen LogP contribution in [0.2, 0.25) is 0 Å². The van der Waals surface area contributed by atoms with E-state index in [0.717, 1.165) is 38.5 Å². The van der Waals surface area contributed by atoms with Crippen molar-refractivity contribution in [2.45, 2.75) is 116 Å². The molecule has 0 radical (unpaired) electrons. The number of rotatable bonds is 18. The normalized spacial score (nSPS) is 12.4. The first-order valence-electron chi connectivity index (χ1n) is 10.7.